The Morgan fingerprint density at radius 2 is 1.89 bits per heavy atom. The van der Waals surface area contributed by atoms with E-state index < -0.39 is 5.60 Å². The zero-order chi connectivity index (χ0) is 14.3. The van der Waals surface area contributed by atoms with Gasteiger partial charge in [-0.25, -0.2) is 0 Å². The molecule has 1 unspecified atom stereocenters. The Morgan fingerprint density at radius 3 is 2.42 bits per heavy atom. The van der Waals surface area contributed by atoms with Crippen LogP contribution in [0.1, 0.15) is 38.8 Å². The second-order valence-electron chi connectivity index (χ2n) is 5.86. The zero-order valence-electron chi connectivity index (χ0n) is 12.7. The van der Waals surface area contributed by atoms with Gasteiger partial charge in [0.15, 0.2) is 0 Å². The summed E-state index contributed by atoms with van der Waals surface area (Å²) < 4.78 is 0. The molecule has 0 aliphatic rings. The number of benzene rings is 1. The first-order chi connectivity index (χ1) is 8.92. The number of likely N-dealkylation sites (N-methyl/N-ethyl adjacent to an activating group) is 1. The van der Waals surface area contributed by atoms with Crippen LogP contribution in [0.3, 0.4) is 0 Å². The van der Waals surface area contributed by atoms with Crippen molar-refractivity contribution in [3.05, 3.63) is 35.9 Å². The standard InChI is InChI=1S/C16H28N2O/c1-5-17-15(14-9-7-6-8-10-14)11-12-18(4)13-16(2,3)19/h6-10,15,17,19H,5,11-13H2,1-4H3. The number of hydrogen-bond donors (Lipinski definition) is 2. The van der Waals surface area contributed by atoms with E-state index in [0.29, 0.717) is 12.6 Å². The molecular formula is C16H28N2O. The van der Waals surface area contributed by atoms with E-state index in [0.717, 1.165) is 19.5 Å². The van der Waals surface area contributed by atoms with E-state index in [1.54, 1.807) is 0 Å². The van der Waals surface area contributed by atoms with Gasteiger partial charge in [-0.15, -0.1) is 0 Å². The summed E-state index contributed by atoms with van der Waals surface area (Å²) in [6.45, 7) is 8.47. The highest BCUT2D eigenvalue weighted by Gasteiger charge is 2.17. The summed E-state index contributed by atoms with van der Waals surface area (Å²) in [4.78, 5) is 2.19. The lowest BCUT2D eigenvalue weighted by Gasteiger charge is -2.27. The van der Waals surface area contributed by atoms with Crippen molar-refractivity contribution < 1.29 is 5.11 Å². The van der Waals surface area contributed by atoms with Gasteiger partial charge in [-0.3, -0.25) is 0 Å². The molecule has 0 aliphatic heterocycles. The van der Waals surface area contributed by atoms with Crippen LogP contribution in [0, 0.1) is 0 Å². The molecule has 1 atom stereocenters. The van der Waals surface area contributed by atoms with Crippen LogP contribution in [0.5, 0.6) is 0 Å². The van der Waals surface area contributed by atoms with Gasteiger partial charge < -0.3 is 15.3 Å². The highest BCUT2D eigenvalue weighted by molar-refractivity contribution is 5.18. The molecule has 0 saturated heterocycles. The summed E-state index contributed by atoms with van der Waals surface area (Å²) in [5, 5.41) is 13.3. The zero-order valence-corrected chi connectivity index (χ0v) is 12.7. The highest BCUT2D eigenvalue weighted by atomic mass is 16.3. The van der Waals surface area contributed by atoms with Crippen molar-refractivity contribution in [2.45, 2.75) is 38.8 Å². The normalized spacial score (nSPS) is 13.8. The average molecular weight is 264 g/mol. The van der Waals surface area contributed by atoms with E-state index in [2.05, 4.69) is 48.5 Å². The molecule has 0 fully saturated rings. The molecule has 0 bridgehead atoms. The predicted octanol–water partition coefficient (Wildman–Crippen LogP) is 2.43. The molecule has 0 radical (unpaired) electrons. The van der Waals surface area contributed by atoms with E-state index in [1.807, 2.05) is 19.9 Å². The fourth-order valence-electron chi connectivity index (χ4n) is 2.41. The summed E-state index contributed by atoms with van der Waals surface area (Å²) >= 11 is 0. The molecule has 1 aromatic carbocycles. The van der Waals surface area contributed by atoms with Crippen LogP contribution >= 0.6 is 0 Å². The summed E-state index contributed by atoms with van der Waals surface area (Å²) in [7, 11) is 2.06. The third-order valence-electron chi connectivity index (χ3n) is 3.11. The fourth-order valence-corrected chi connectivity index (χ4v) is 2.41. The Bertz CT molecular complexity index is 346. The van der Waals surface area contributed by atoms with Crippen LogP contribution < -0.4 is 5.32 Å². The van der Waals surface area contributed by atoms with Crippen molar-refractivity contribution in [2.24, 2.45) is 0 Å². The Morgan fingerprint density at radius 1 is 1.26 bits per heavy atom. The lowest BCUT2D eigenvalue weighted by Crippen LogP contribution is -2.37. The van der Waals surface area contributed by atoms with Gasteiger partial charge in [0.1, 0.15) is 0 Å². The van der Waals surface area contributed by atoms with Gasteiger partial charge in [-0.05, 0) is 46.0 Å². The molecule has 0 saturated carbocycles. The van der Waals surface area contributed by atoms with E-state index in [4.69, 9.17) is 0 Å². The molecule has 1 aromatic rings. The number of rotatable bonds is 8. The van der Waals surface area contributed by atoms with Crippen LogP contribution in [-0.4, -0.2) is 42.3 Å². The minimum Gasteiger partial charge on any atom is -0.389 e. The van der Waals surface area contributed by atoms with Crippen molar-refractivity contribution >= 4 is 0 Å². The first-order valence-corrected chi connectivity index (χ1v) is 7.11. The maximum absolute atomic E-state index is 9.82. The van der Waals surface area contributed by atoms with Gasteiger partial charge in [0, 0.05) is 12.6 Å². The molecule has 0 spiro atoms. The Labute approximate surface area is 117 Å². The third kappa shape index (κ3) is 6.71. The Kier molecular flexibility index (Phi) is 6.49. The smallest absolute Gasteiger partial charge is 0.0718 e. The van der Waals surface area contributed by atoms with Crippen LogP contribution in [0.25, 0.3) is 0 Å². The van der Waals surface area contributed by atoms with Gasteiger partial charge in [0.05, 0.1) is 5.60 Å². The van der Waals surface area contributed by atoms with Crippen molar-refractivity contribution in [3.8, 4) is 0 Å². The van der Waals surface area contributed by atoms with Gasteiger partial charge in [-0.1, -0.05) is 37.3 Å². The monoisotopic (exact) mass is 264 g/mol. The van der Waals surface area contributed by atoms with Crippen LogP contribution in [0.4, 0.5) is 0 Å². The van der Waals surface area contributed by atoms with E-state index in [-0.39, 0.29) is 0 Å². The van der Waals surface area contributed by atoms with Crippen molar-refractivity contribution in [1.29, 1.82) is 0 Å². The minimum absolute atomic E-state index is 0.385. The van der Waals surface area contributed by atoms with Crippen LogP contribution in [0.15, 0.2) is 30.3 Å². The summed E-state index contributed by atoms with van der Waals surface area (Å²) in [5.41, 5.74) is 0.704. The lowest BCUT2D eigenvalue weighted by atomic mass is 10.0. The topological polar surface area (TPSA) is 35.5 Å². The number of nitrogens with zero attached hydrogens (tertiary/aromatic N) is 1. The lowest BCUT2D eigenvalue weighted by molar-refractivity contribution is 0.0436. The Balaban J connectivity index is 2.51. The van der Waals surface area contributed by atoms with Crippen molar-refractivity contribution in [2.75, 3.05) is 26.7 Å². The first kappa shape index (κ1) is 16.2. The second kappa shape index (κ2) is 7.63. The Hall–Kier alpha value is -0.900. The molecule has 3 nitrogen and oxygen atoms in total. The number of aliphatic hydroxyl groups is 1. The van der Waals surface area contributed by atoms with Crippen LogP contribution in [0.2, 0.25) is 0 Å². The molecule has 108 valence electrons. The van der Waals surface area contributed by atoms with Gasteiger partial charge in [-0.2, -0.15) is 0 Å². The molecular weight excluding hydrogens is 236 g/mol. The molecule has 0 heterocycles. The van der Waals surface area contributed by atoms with E-state index in [1.165, 1.54) is 5.56 Å². The maximum Gasteiger partial charge on any atom is 0.0718 e. The van der Waals surface area contributed by atoms with Gasteiger partial charge in [0.2, 0.25) is 0 Å². The molecule has 0 aromatic heterocycles. The number of nitrogens with one attached hydrogen (secondary N) is 1. The molecule has 1 rings (SSSR count). The summed E-state index contributed by atoms with van der Waals surface area (Å²) in [6.07, 6.45) is 1.05. The molecule has 3 heteroatoms. The van der Waals surface area contributed by atoms with Crippen molar-refractivity contribution in [1.82, 2.24) is 10.2 Å². The fraction of sp³-hybridized carbons (Fsp3) is 0.625. The van der Waals surface area contributed by atoms with Gasteiger partial charge in [0.25, 0.3) is 0 Å². The molecule has 0 amide bonds. The molecule has 19 heavy (non-hydrogen) atoms. The third-order valence-corrected chi connectivity index (χ3v) is 3.11. The summed E-state index contributed by atoms with van der Waals surface area (Å²) in [6, 6.07) is 10.9. The largest absolute Gasteiger partial charge is 0.389 e. The first-order valence-electron chi connectivity index (χ1n) is 7.11. The highest BCUT2D eigenvalue weighted by Crippen LogP contribution is 2.17. The molecule has 2 N–H and O–H groups in total. The quantitative estimate of drug-likeness (QED) is 0.757. The SMILES string of the molecule is CCNC(CCN(C)CC(C)(C)O)c1ccccc1. The predicted molar refractivity (Wildman–Crippen MR) is 81.3 cm³/mol. The summed E-state index contributed by atoms with van der Waals surface area (Å²) in [5.74, 6) is 0. The molecule has 0 aliphatic carbocycles. The van der Waals surface area contributed by atoms with E-state index >= 15 is 0 Å². The van der Waals surface area contributed by atoms with Crippen LogP contribution in [-0.2, 0) is 0 Å². The maximum atomic E-state index is 9.82. The van der Waals surface area contributed by atoms with E-state index in [9.17, 15) is 5.11 Å². The van der Waals surface area contributed by atoms with Crippen molar-refractivity contribution in [3.63, 3.8) is 0 Å². The average Bonchev–Trinajstić information content (AvgIpc) is 2.33. The minimum atomic E-state index is -0.630. The second-order valence-corrected chi connectivity index (χ2v) is 5.86. The van der Waals surface area contributed by atoms with Gasteiger partial charge >= 0.3 is 0 Å². The number of hydrogen-bond acceptors (Lipinski definition) is 3.